The highest BCUT2D eigenvalue weighted by molar-refractivity contribution is 5.44. The number of pyridine rings is 1. The summed E-state index contributed by atoms with van der Waals surface area (Å²) < 4.78 is 1.54. The van der Waals surface area contributed by atoms with E-state index in [0.29, 0.717) is 5.65 Å². The summed E-state index contributed by atoms with van der Waals surface area (Å²) in [4.78, 5) is 16.6. The lowest BCUT2D eigenvalue weighted by Crippen LogP contribution is -2.21. The maximum absolute atomic E-state index is 12.2. The van der Waals surface area contributed by atoms with Crippen LogP contribution in [0.1, 0.15) is 43.6 Å². The Hall–Kier alpha value is -1.58. The first-order chi connectivity index (χ1) is 7.54. The van der Waals surface area contributed by atoms with Gasteiger partial charge in [0.05, 0.1) is 0 Å². The summed E-state index contributed by atoms with van der Waals surface area (Å²) in [7, 11) is 0. The fourth-order valence-electron chi connectivity index (χ4n) is 2.07. The highest BCUT2D eigenvalue weighted by Gasteiger charge is 2.13. The van der Waals surface area contributed by atoms with Gasteiger partial charge in [0.25, 0.3) is 5.56 Å². The van der Waals surface area contributed by atoms with Gasteiger partial charge in [0.1, 0.15) is 5.82 Å². The standard InChI is InChI=1S/C12H17N3O/c1-5-9-13-10-6-8(4)11(7(2)3)12(16)15(10)14-9/h6-7H,5H2,1-4H3,(H,13,14). The van der Waals surface area contributed by atoms with Crippen molar-refractivity contribution in [3.05, 3.63) is 33.4 Å². The number of aryl methyl sites for hydroxylation is 2. The van der Waals surface area contributed by atoms with Crippen LogP contribution >= 0.6 is 0 Å². The molecule has 0 aliphatic heterocycles. The quantitative estimate of drug-likeness (QED) is 0.840. The van der Waals surface area contributed by atoms with Gasteiger partial charge in [-0.05, 0) is 24.5 Å². The summed E-state index contributed by atoms with van der Waals surface area (Å²) in [6.45, 7) is 8.05. The van der Waals surface area contributed by atoms with Crippen molar-refractivity contribution in [2.75, 3.05) is 0 Å². The normalized spacial score (nSPS) is 11.6. The number of hydrogen-bond donors (Lipinski definition) is 1. The fourth-order valence-corrected chi connectivity index (χ4v) is 2.07. The summed E-state index contributed by atoms with van der Waals surface area (Å²) in [6, 6.07) is 1.96. The number of hydrogen-bond acceptors (Lipinski definition) is 2. The van der Waals surface area contributed by atoms with E-state index >= 15 is 0 Å². The second kappa shape index (κ2) is 3.77. The Bertz CT molecular complexity index is 578. The smallest absolute Gasteiger partial charge is 0.274 e. The molecule has 2 rings (SSSR count). The lowest BCUT2D eigenvalue weighted by molar-refractivity contribution is 0.789. The molecule has 0 spiro atoms. The van der Waals surface area contributed by atoms with E-state index in [1.54, 1.807) is 4.52 Å². The first-order valence-electron chi connectivity index (χ1n) is 5.65. The molecule has 0 unspecified atom stereocenters. The van der Waals surface area contributed by atoms with Crippen molar-refractivity contribution < 1.29 is 0 Å². The highest BCUT2D eigenvalue weighted by atomic mass is 16.1. The molecule has 0 saturated heterocycles. The second-order valence-corrected chi connectivity index (χ2v) is 4.42. The van der Waals surface area contributed by atoms with E-state index in [-0.39, 0.29) is 11.5 Å². The van der Waals surface area contributed by atoms with Gasteiger partial charge in [-0.3, -0.25) is 9.89 Å². The van der Waals surface area contributed by atoms with E-state index in [1.807, 2.05) is 33.8 Å². The Balaban J connectivity index is 2.82. The topological polar surface area (TPSA) is 50.2 Å². The van der Waals surface area contributed by atoms with E-state index in [2.05, 4.69) is 10.1 Å². The van der Waals surface area contributed by atoms with Crippen LogP contribution in [-0.4, -0.2) is 14.6 Å². The Morgan fingerprint density at radius 1 is 1.50 bits per heavy atom. The van der Waals surface area contributed by atoms with Gasteiger partial charge in [-0.2, -0.15) is 4.52 Å². The lowest BCUT2D eigenvalue weighted by Gasteiger charge is -2.08. The number of aromatic amines is 1. The zero-order chi connectivity index (χ0) is 11.9. The van der Waals surface area contributed by atoms with E-state index in [0.717, 1.165) is 23.4 Å². The van der Waals surface area contributed by atoms with Crippen LogP contribution in [0.25, 0.3) is 5.65 Å². The molecule has 4 nitrogen and oxygen atoms in total. The molecule has 0 bridgehead atoms. The Morgan fingerprint density at radius 3 is 2.75 bits per heavy atom. The molecule has 2 aromatic rings. The predicted octanol–water partition coefficient (Wildman–Crippen LogP) is 2.02. The van der Waals surface area contributed by atoms with Gasteiger partial charge >= 0.3 is 0 Å². The number of nitrogens with zero attached hydrogens (tertiary/aromatic N) is 2. The number of fused-ring (bicyclic) bond motifs is 1. The summed E-state index contributed by atoms with van der Waals surface area (Å²) in [5.74, 6) is 1.08. The Morgan fingerprint density at radius 2 is 2.19 bits per heavy atom. The van der Waals surface area contributed by atoms with Crippen LogP contribution in [-0.2, 0) is 6.42 Å². The van der Waals surface area contributed by atoms with E-state index in [4.69, 9.17) is 0 Å². The van der Waals surface area contributed by atoms with Crippen molar-refractivity contribution in [2.45, 2.75) is 40.0 Å². The highest BCUT2D eigenvalue weighted by Crippen LogP contribution is 2.15. The average molecular weight is 219 g/mol. The molecule has 2 aromatic heterocycles. The van der Waals surface area contributed by atoms with E-state index in [9.17, 15) is 4.79 Å². The zero-order valence-corrected chi connectivity index (χ0v) is 10.2. The molecule has 0 aliphatic carbocycles. The van der Waals surface area contributed by atoms with Crippen molar-refractivity contribution >= 4 is 5.65 Å². The predicted molar refractivity (Wildman–Crippen MR) is 64.0 cm³/mol. The molecule has 2 heterocycles. The summed E-state index contributed by atoms with van der Waals surface area (Å²) in [5.41, 5.74) is 2.62. The van der Waals surface area contributed by atoms with Gasteiger partial charge < -0.3 is 0 Å². The molecule has 0 amide bonds. The Labute approximate surface area is 94.3 Å². The van der Waals surface area contributed by atoms with Gasteiger partial charge in [0.2, 0.25) is 0 Å². The first kappa shape index (κ1) is 10.9. The Kier molecular flexibility index (Phi) is 2.58. The maximum Gasteiger partial charge on any atom is 0.274 e. The molecular weight excluding hydrogens is 202 g/mol. The van der Waals surface area contributed by atoms with Crippen LogP contribution in [0.4, 0.5) is 0 Å². The van der Waals surface area contributed by atoms with Crippen LogP contribution in [0.2, 0.25) is 0 Å². The monoisotopic (exact) mass is 219 g/mol. The molecule has 0 saturated carbocycles. The maximum atomic E-state index is 12.2. The van der Waals surface area contributed by atoms with E-state index < -0.39 is 0 Å². The SMILES string of the molecule is CCc1nc2cc(C)c(C(C)C)c(=O)n2[nH]1. The molecule has 0 aliphatic rings. The average Bonchev–Trinajstić information content (AvgIpc) is 2.60. The third-order valence-electron chi connectivity index (χ3n) is 2.84. The van der Waals surface area contributed by atoms with Crippen molar-refractivity contribution in [1.29, 1.82) is 0 Å². The van der Waals surface area contributed by atoms with Gasteiger partial charge in [-0.1, -0.05) is 20.8 Å². The molecule has 0 fully saturated rings. The number of rotatable bonds is 2. The first-order valence-corrected chi connectivity index (χ1v) is 5.65. The number of nitrogens with one attached hydrogen (secondary N) is 1. The van der Waals surface area contributed by atoms with Crippen LogP contribution in [0.15, 0.2) is 10.9 Å². The van der Waals surface area contributed by atoms with Gasteiger partial charge in [0, 0.05) is 12.0 Å². The van der Waals surface area contributed by atoms with Gasteiger partial charge in [-0.15, -0.1) is 0 Å². The van der Waals surface area contributed by atoms with Crippen molar-refractivity contribution in [2.24, 2.45) is 0 Å². The van der Waals surface area contributed by atoms with Crippen molar-refractivity contribution in [1.82, 2.24) is 14.6 Å². The minimum Gasteiger partial charge on any atom is -0.276 e. The van der Waals surface area contributed by atoms with Gasteiger partial charge in [-0.25, -0.2) is 4.98 Å². The molecule has 4 heteroatoms. The fraction of sp³-hybridized carbons (Fsp3) is 0.500. The molecule has 16 heavy (non-hydrogen) atoms. The molecule has 0 atom stereocenters. The summed E-state index contributed by atoms with van der Waals surface area (Å²) in [5, 5.41) is 3.03. The molecule has 0 radical (unpaired) electrons. The van der Waals surface area contributed by atoms with Crippen molar-refractivity contribution in [3.63, 3.8) is 0 Å². The third kappa shape index (κ3) is 1.54. The summed E-state index contributed by atoms with van der Waals surface area (Å²) in [6.07, 6.45) is 0.803. The molecular formula is C12H17N3O. The molecule has 86 valence electrons. The second-order valence-electron chi connectivity index (χ2n) is 4.42. The van der Waals surface area contributed by atoms with Crippen LogP contribution in [0, 0.1) is 6.92 Å². The van der Waals surface area contributed by atoms with Crippen molar-refractivity contribution in [3.8, 4) is 0 Å². The number of H-pyrrole nitrogens is 1. The molecule has 0 aromatic carbocycles. The van der Waals surface area contributed by atoms with E-state index in [1.165, 1.54) is 0 Å². The summed E-state index contributed by atoms with van der Waals surface area (Å²) >= 11 is 0. The molecule has 1 N–H and O–H groups in total. The number of aromatic nitrogens is 3. The third-order valence-corrected chi connectivity index (χ3v) is 2.84. The van der Waals surface area contributed by atoms with Crippen LogP contribution < -0.4 is 5.56 Å². The largest absolute Gasteiger partial charge is 0.276 e. The lowest BCUT2D eigenvalue weighted by atomic mass is 10.0. The van der Waals surface area contributed by atoms with Gasteiger partial charge in [0.15, 0.2) is 5.65 Å². The van der Waals surface area contributed by atoms with Crippen LogP contribution in [0.5, 0.6) is 0 Å². The van der Waals surface area contributed by atoms with Crippen LogP contribution in [0.3, 0.4) is 0 Å². The minimum atomic E-state index is 0.0252. The zero-order valence-electron chi connectivity index (χ0n) is 10.2. The minimum absolute atomic E-state index is 0.0252.